The molecule has 0 spiro atoms. The van der Waals surface area contributed by atoms with Gasteiger partial charge >= 0.3 is 0 Å². The molecule has 10 heavy (non-hydrogen) atoms. The van der Waals surface area contributed by atoms with Gasteiger partial charge in [0.2, 0.25) is 0 Å². The molecule has 0 aromatic heterocycles. The third kappa shape index (κ3) is 7.46. The smallest absolute Gasteiger partial charge is 0.136 e. The third-order valence-corrected chi connectivity index (χ3v) is 0.883. The molecular formula is C6H11ClN2O. The van der Waals surface area contributed by atoms with Crippen LogP contribution in [0.3, 0.4) is 0 Å². The quantitative estimate of drug-likeness (QED) is 0.374. The summed E-state index contributed by atoms with van der Waals surface area (Å²) in [5.74, 6) is 0. The lowest BCUT2D eigenvalue weighted by molar-refractivity contribution is 0.176. The van der Waals surface area contributed by atoms with Crippen LogP contribution in [0.2, 0.25) is 0 Å². The SMILES string of the molecule is NCC/C=N/OC/C=C\Cl. The van der Waals surface area contributed by atoms with Gasteiger partial charge in [0.25, 0.3) is 0 Å². The van der Waals surface area contributed by atoms with E-state index >= 15 is 0 Å². The van der Waals surface area contributed by atoms with Crippen LogP contribution < -0.4 is 5.73 Å². The lowest BCUT2D eigenvalue weighted by Gasteiger charge is -1.89. The van der Waals surface area contributed by atoms with Gasteiger partial charge in [-0.15, -0.1) is 0 Å². The van der Waals surface area contributed by atoms with Crippen molar-refractivity contribution in [3.63, 3.8) is 0 Å². The number of nitrogens with zero attached hydrogens (tertiary/aromatic N) is 1. The van der Waals surface area contributed by atoms with Crippen molar-refractivity contribution < 1.29 is 4.84 Å². The number of rotatable bonds is 5. The van der Waals surface area contributed by atoms with E-state index in [0.29, 0.717) is 13.2 Å². The van der Waals surface area contributed by atoms with Crippen LogP contribution in [0, 0.1) is 0 Å². The van der Waals surface area contributed by atoms with E-state index in [4.69, 9.17) is 22.2 Å². The first kappa shape index (κ1) is 9.46. The lowest BCUT2D eigenvalue weighted by Crippen LogP contribution is -1.98. The van der Waals surface area contributed by atoms with E-state index in [1.165, 1.54) is 5.54 Å². The van der Waals surface area contributed by atoms with Crippen LogP contribution >= 0.6 is 11.6 Å². The van der Waals surface area contributed by atoms with Gasteiger partial charge in [-0.1, -0.05) is 16.8 Å². The van der Waals surface area contributed by atoms with Crippen molar-refractivity contribution in [2.45, 2.75) is 6.42 Å². The summed E-state index contributed by atoms with van der Waals surface area (Å²) in [5, 5.41) is 3.58. The summed E-state index contributed by atoms with van der Waals surface area (Å²) in [6.45, 7) is 1.00. The first-order valence-corrected chi connectivity index (χ1v) is 3.44. The number of nitrogens with two attached hydrogens (primary N) is 1. The molecule has 0 aliphatic carbocycles. The highest BCUT2D eigenvalue weighted by Crippen LogP contribution is 1.81. The summed E-state index contributed by atoms with van der Waals surface area (Å²) in [7, 11) is 0. The molecule has 0 aromatic rings. The van der Waals surface area contributed by atoms with E-state index < -0.39 is 0 Å². The average molecular weight is 163 g/mol. The highest BCUT2D eigenvalue weighted by atomic mass is 35.5. The van der Waals surface area contributed by atoms with Gasteiger partial charge in [0.05, 0.1) is 0 Å². The molecule has 4 heteroatoms. The second-order valence-electron chi connectivity index (χ2n) is 1.52. The Bertz CT molecular complexity index is 114. The maximum absolute atomic E-state index is 5.21. The van der Waals surface area contributed by atoms with Crippen molar-refractivity contribution >= 4 is 17.8 Å². The van der Waals surface area contributed by atoms with Crippen molar-refractivity contribution in [1.82, 2.24) is 0 Å². The monoisotopic (exact) mass is 162 g/mol. The minimum atomic E-state index is 0.407. The first-order valence-electron chi connectivity index (χ1n) is 3.01. The molecule has 0 aliphatic rings. The molecule has 0 saturated carbocycles. The zero-order valence-electron chi connectivity index (χ0n) is 5.66. The summed E-state index contributed by atoms with van der Waals surface area (Å²) in [4.78, 5) is 4.72. The van der Waals surface area contributed by atoms with Crippen molar-refractivity contribution in [2.75, 3.05) is 13.2 Å². The molecule has 58 valence electrons. The van der Waals surface area contributed by atoms with Gasteiger partial charge in [-0.3, -0.25) is 0 Å². The fourth-order valence-electron chi connectivity index (χ4n) is 0.302. The lowest BCUT2D eigenvalue weighted by atomic mass is 10.5. The van der Waals surface area contributed by atoms with Crippen LogP contribution in [0.5, 0.6) is 0 Å². The Labute approximate surface area is 65.5 Å². The summed E-state index contributed by atoms with van der Waals surface area (Å²) in [6, 6.07) is 0. The second kappa shape index (κ2) is 8.46. The van der Waals surface area contributed by atoms with Crippen molar-refractivity contribution in [3.8, 4) is 0 Å². The van der Waals surface area contributed by atoms with E-state index in [0.717, 1.165) is 6.42 Å². The number of hydrogen-bond donors (Lipinski definition) is 1. The third-order valence-electron chi connectivity index (χ3n) is 0.705. The van der Waals surface area contributed by atoms with E-state index in [9.17, 15) is 0 Å². The summed E-state index contributed by atoms with van der Waals surface area (Å²) in [5.41, 5.74) is 6.57. The molecule has 0 saturated heterocycles. The predicted octanol–water partition coefficient (Wildman–Crippen LogP) is 1.09. The molecule has 0 aliphatic heterocycles. The van der Waals surface area contributed by atoms with Gasteiger partial charge in [-0.05, 0) is 19.0 Å². The minimum absolute atomic E-state index is 0.407. The summed E-state index contributed by atoms with van der Waals surface area (Å²) in [6.07, 6.45) is 4.02. The molecular weight excluding hydrogens is 152 g/mol. The molecule has 3 nitrogen and oxygen atoms in total. The van der Waals surface area contributed by atoms with Crippen LogP contribution in [0.15, 0.2) is 16.8 Å². The van der Waals surface area contributed by atoms with Crippen LogP contribution in [0.1, 0.15) is 6.42 Å². The highest BCUT2D eigenvalue weighted by molar-refractivity contribution is 6.25. The van der Waals surface area contributed by atoms with Gasteiger partial charge in [-0.2, -0.15) is 0 Å². The van der Waals surface area contributed by atoms with E-state index in [2.05, 4.69) is 5.16 Å². The fourth-order valence-corrected chi connectivity index (χ4v) is 0.375. The Morgan fingerprint density at radius 3 is 3.00 bits per heavy atom. The maximum atomic E-state index is 5.21. The molecule has 0 aromatic carbocycles. The van der Waals surface area contributed by atoms with Gasteiger partial charge in [-0.25, -0.2) is 0 Å². The Kier molecular flexibility index (Phi) is 8.00. The minimum Gasteiger partial charge on any atom is -0.392 e. The standard InChI is InChI=1S/C6H11ClN2O/c7-3-1-6-10-9-5-2-4-8/h1,3,5H,2,4,6,8H2/b3-1-,9-5+. The molecule has 0 unspecified atom stereocenters. The summed E-state index contributed by atoms with van der Waals surface area (Å²) < 4.78 is 0. The summed E-state index contributed by atoms with van der Waals surface area (Å²) >= 11 is 5.21. The van der Waals surface area contributed by atoms with Crippen molar-refractivity contribution in [2.24, 2.45) is 10.9 Å². The predicted molar refractivity (Wildman–Crippen MR) is 43.1 cm³/mol. The first-order chi connectivity index (χ1) is 4.91. The number of hydrogen-bond acceptors (Lipinski definition) is 3. The van der Waals surface area contributed by atoms with E-state index in [1.54, 1.807) is 12.3 Å². The number of oxime groups is 1. The fraction of sp³-hybridized carbons (Fsp3) is 0.500. The van der Waals surface area contributed by atoms with Gasteiger partial charge in [0, 0.05) is 11.7 Å². The number of halogens is 1. The van der Waals surface area contributed by atoms with Crippen LogP contribution in [0.4, 0.5) is 0 Å². The van der Waals surface area contributed by atoms with Gasteiger partial charge in [0.1, 0.15) is 6.61 Å². The molecule has 2 N–H and O–H groups in total. The highest BCUT2D eigenvalue weighted by Gasteiger charge is 1.74. The van der Waals surface area contributed by atoms with Gasteiger partial charge in [0.15, 0.2) is 0 Å². The zero-order chi connectivity index (χ0) is 7.66. The molecule has 0 atom stereocenters. The molecule has 0 fully saturated rings. The molecule has 0 radical (unpaired) electrons. The Morgan fingerprint density at radius 2 is 2.40 bits per heavy atom. The largest absolute Gasteiger partial charge is 0.392 e. The van der Waals surface area contributed by atoms with E-state index in [1.807, 2.05) is 0 Å². The normalized spacial score (nSPS) is 11.4. The molecule has 0 amide bonds. The maximum Gasteiger partial charge on any atom is 0.136 e. The van der Waals surface area contributed by atoms with Crippen LogP contribution in [-0.4, -0.2) is 19.4 Å². The topological polar surface area (TPSA) is 47.6 Å². The van der Waals surface area contributed by atoms with Crippen LogP contribution in [-0.2, 0) is 4.84 Å². The Morgan fingerprint density at radius 1 is 1.60 bits per heavy atom. The Balaban J connectivity index is 3.02. The second-order valence-corrected chi connectivity index (χ2v) is 1.77. The average Bonchev–Trinajstić information content (AvgIpc) is 1.97. The van der Waals surface area contributed by atoms with E-state index in [-0.39, 0.29) is 0 Å². The molecule has 0 bridgehead atoms. The van der Waals surface area contributed by atoms with Crippen molar-refractivity contribution in [1.29, 1.82) is 0 Å². The Hall–Kier alpha value is -0.540. The van der Waals surface area contributed by atoms with Crippen molar-refractivity contribution in [3.05, 3.63) is 11.6 Å². The van der Waals surface area contributed by atoms with Gasteiger partial charge < -0.3 is 10.6 Å². The zero-order valence-corrected chi connectivity index (χ0v) is 6.42. The molecule has 0 rings (SSSR count). The van der Waals surface area contributed by atoms with Crippen LogP contribution in [0.25, 0.3) is 0 Å². The molecule has 0 heterocycles.